The van der Waals surface area contributed by atoms with Crippen LogP contribution in [0.3, 0.4) is 0 Å². The zero-order valence-electron chi connectivity index (χ0n) is 35.8. The summed E-state index contributed by atoms with van der Waals surface area (Å²) < 4.78 is 17.2. The molecule has 3 fully saturated rings. The highest BCUT2D eigenvalue weighted by atomic mass is 16.7. The molecule has 1 saturated carbocycles. The number of allylic oxidation sites excluding steroid dienone is 2. The van der Waals surface area contributed by atoms with Crippen LogP contribution < -0.4 is 5.32 Å². The van der Waals surface area contributed by atoms with Crippen LogP contribution in [0, 0.1) is 17.3 Å². The van der Waals surface area contributed by atoms with Gasteiger partial charge in [-0.2, -0.15) is 0 Å². The van der Waals surface area contributed by atoms with Gasteiger partial charge in [-0.15, -0.1) is 0 Å². The highest BCUT2D eigenvalue weighted by molar-refractivity contribution is 5.23. The Bertz CT molecular complexity index is 1080. The molecule has 328 valence electrons. The third kappa shape index (κ3) is 14.5. The molecule has 0 aromatic heterocycles. The molecule has 5 rings (SSSR count). The molecule has 5 unspecified atom stereocenters. The number of nitrogens with one attached hydrogen (secondary N) is 1. The van der Waals surface area contributed by atoms with Crippen molar-refractivity contribution in [2.45, 2.75) is 236 Å². The third-order valence-corrected chi connectivity index (χ3v) is 14.2. The van der Waals surface area contributed by atoms with Crippen molar-refractivity contribution in [2.24, 2.45) is 17.3 Å². The predicted molar refractivity (Wildman–Crippen MR) is 222 cm³/mol. The van der Waals surface area contributed by atoms with E-state index in [1.165, 1.54) is 116 Å². The van der Waals surface area contributed by atoms with Gasteiger partial charge in [0.15, 0.2) is 6.29 Å². The minimum absolute atomic E-state index is 0.114. The lowest BCUT2D eigenvalue weighted by Gasteiger charge is -2.56. The second-order valence-electron chi connectivity index (χ2n) is 18.9. The number of ether oxygens (including phenoxy) is 3. The smallest absolute Gasteiger partial charge is 0.186 e. The summed E-state index contributed by atoms with van der Waals surface area (Å²) in [5.74, 6) is 1.75. The van der Waals surface area contributed by atoms with E-state index in [1.54, 1.807) is 5.57 Å². The van der Waals surface area contributed by atoms with Crippen molar-refractivity contribution in [1.29, 1.82) is 0 Å². The maximum Gasteiger partial charge on any atom is 0.186 e. The van der Waals surface area contributed by atoms with E-state index >= 15 is 0 Å². The molecule has 2 aliphatic heterocycles. The Labute approximate surface area is 340 Å². The molecular weight excluding hydrogens is 711 g/mol. The number of aliphatic hydroxyl groups excluding tert-OH is 6. The molecule has 0 aromatic rings. The molecule has 0 spiro atoms. The Morgan fingerprint density at radius 1 is 0.768 bits per heavy atom. The molecule has 2 bridgehead atoms. The molecule has 10 heteroatoms. The van der Waals surface area contributed by atoms with Gasteiger partial charge in [0, 0.05) is 0 Å². The van der Waals surface area contributed by atoms with Gasteiger partial charge in [0.1, 0.15) is 24.4 Å². The van der Waals surface area contributed by atoms with Crippen molar-refractivity contribution in [2.75, 3.05) is 26.4 Å². The fraction of sp³-hybridized carbons (Fsp3) is 0.957. The van der Waals surface area contributed by atoms with Gasteiger partial charge in [0.25, 0.3) is 0 Å². The lowest BCUT2D eigenvalue weighted by atomic mass is 9.48. The zero-order valence-corrected chi connectivity index (χ0v) is 35.8. The first-order valence-electron chi connectivity index (χ1n) is 23.4. The Morgan fingerprint density at radius 3 is 1.88 bits per heavy atom. The van der Waals surface area contributed by atoms with Crippen molar-refractivity contribution < 1.29 is 44.8 Å². The lowest BCUT2D eigenvalue weighted by molar-refractivity contribution is -0.303. The summed E-state index contributed by atoms with van der Waals surface area (Å²) in [6.45, 7) is 7.51. The van der Waals surface area contributed by atoms with E-state index in [0.717, 1.165) is 50.4 Å². The van der Waals surface area contributed by atoms with Crippen LogP contribution >= 0.6 is 0 Å². The molecule has 5 aliphatic rings. The highest BCUT2D eigenvalue weighted by Gasteiger charge is 2.51. The quantitative estimate of drug-likeness (QED) is 0.0273. The normalized spacial score (nSPS) is 29.6. The van der Waals surface area contributed by atoms with Gasteiger partial charge in [-0.05, 0) is 55.8 Å². The van der Waals surface area contributed by atoms with Crippen LogP contribution in [0.5, 0.6) is 0 Å². The van der Waals surface area contributed by atoms with Crippen LogP contribution in [0.25, 0.3) is 0 Å². The molecule has 7 N–H and O–H groups in total. The molecular formula is C46H85NO9. The first kappa shape index (κ1) is 48.0. The second kappa shape index (κ2) is 25.2. The molecule has 0 aromatic carbocycles. The van der Waals surface area contributed by atoms with Gasteiger partial charge in [0.05, 0.1) is 50.2 Å². The third-order valence-electron chi connectivity index (χ3n) is 14.2. The van der Waals surface area contributed by atoms with E-state index < -0.39 is 55.6 Å². The van der Waals surface area contributed by atoms with Gasteiger partial charge in [0.2, 0.25) is 0 Å². The summed E-state index contributed by atoms with van der Waals surface area (Å²) in [5, 5.41) is 67.0. The van der Waals surface area contributed by atoms with Crippen molar-refractivity contribution >= 4 is 0 Å². The summed E-state index contributed by atoms with van der Waals surface area (Å²) in [4.78, 5) is 0. The van der Waals surface area contributed by atoms with Crippen LogP contribution in [-0.4, -0.2) is 112 Å². The number of rotatable bonds is 32. The van der Waals surface area contributed by atoms with Gasteiger partial charge in [-0.3, -0.25) is 5.32 Å². The fourth-order valence-electron chi connectivity index (χ4n) is 9.91. The monoisotopic (exact) mass is 796 g/mol. The molecule has 0 amide bonds. The second-order valence-corrected chi connectivity index (χ2v) is 18.9. The number of fused-ring (bicyclic) bond motifs is 1. The molecule has 56 heavy (non-hydrogen) atoms. The lowest BCUT2D eigenvalue weighted by Crippen LogP contribution is -2.67. The maximum atomic E-state index is 11.5. The van der Waals surface area contributed by atoms with E-state index in [1.807, 2.05) is 0 Å². The minimum atomic E-state index is -1.55. The van der Waals surface area contributed by atoms with E-state index in [0.29, 0.717) is 25.0 Å². The number of hydrogen-bond donors (Lipinski definition) is 7. The number of hydrogen-bond acceptors (Lipinski definition) is 10. The predicted octanol–water partition coefficient (Wildman–Crippen LogP) is 7.24. The van der Waals surface area contributed by atoms with Crippen LogP contribution in [-0.2, 0) is 14.2 Å². The van der Waals surface area contributed by atoms with Gasteiger partial charge >= 0.3 is 0 Å². The number of unbranched alkanes of at least 4 members (excludes halogenated alkanes) is 18. The van der Waals surface area contributed by atoms with Gasteiger partial charge in [-0.1, -0.05) is 154 Å². The summed E-state index contributed by atoms with van der Waals surface area (Å²) in [5.41, 5.74) is 1.91. The fourth-order valence-corrected chi connectivity index (χ4v) is 9.91. The topological polar surface area (TPSA) is 161 Å². The molecule has 0 radical (unpaired) electrons. The van der Waals surface area contributed by atoms with Crippen LogP contribution in [0.4, 0.5) is 0 Å². The molecule has 10 nitrogen and oxygen atoms in total. The Morgan fingerprint density at radius 2 is 1.34 bits per heavy atom. The molecule has 10 atom stereocenters. The van der Waals surface area contributed by atoms with Crippen molar-refractivity contribution in [3.8, 4) is 0 Å². The Hall–Kier alpha value is -0.660. The summed E-state index contributed by atoms with van der Waals surface area (Å²) >= 11 is 0. The van der Waals surface area contributed by atoms with E-state index in [4.69, 9.17) is 14.2 Å². The Balaban J connectivity index is 1.16. The van der Waals surface area contributed by atoms with E-state index in [2.05, 4.69) is 32.2 Å². The highest BCUT2D eigenvalue weighted by Crippen LogP contribution is 2.60. The largest absolute Gasteiger partial charge is 0.394 e. The van der Waals surface area contributed by atoms with E-state index in [9.17, 15) is 30.6 Å². The average molecular weight is 796 g/mol. The van der Waals surface area contributed by atoms with Crippen molar-refractivity contribution in [1.82, 2.24) is 5.32 Å². The summed E-state index contributed by atoms with van der Waals surface area (Å²) in [6, 6.07) is -0.695. The maximum absolute atomic E-state index is 11.5. The van der Waals surface area contributed by atoms with Gasteiger partial charge in [-0.25, -0.2) is 0 Å². The zero-order chi connectivity index (χ0) is 40.4. The summed E-state index contributed by atoms with van der Waals surface area (Å²) in [7, 11) is 0. The van der Waals surface area contributed by atoms with E-state index in [-0.39, 0.29) is 12.1 Å². The average Bonchev–Trinajstić information content (AvgIpc) is 3.18. The van der Waals surface area contributed by atoms with Gasteiger partial charge < -0.3 is 44.8 Å². The molecule has 2 heterocycles. The van der Waals surface area contributed by atoms with Crippen molar-refractivity contribution in [3.63, 3.8) is 0 Å². The molecule has 3 aliphatic carbocycles. The first-order valence-corrected chi connectivity index (χ1v) is 23.4. The first-order chi connectivity index (χ1) is 27.0. The van der Waals surface area contributed by atoms with Crippen LogP contribution in [0.1, 0.15) is 181 Å². The number of aliphatic hydroxyl groups is 6. The minimum Gasteiger partial charge on any atom is -0.394 e. The Kier molecular flexibility index (Phi) is 21.6. The standard InChI is InChI=1S/C46H85NO9/c1-4-5-6-7-8-9-10-11-12-16-19-22-25-38(49)40(50)37(31-55-44-43(53)42(52)41(51)39(30-48)56-44)47-46(32-54-33-46)28-23-20-17-14-13-15-18-21-24-34-26-27-35-29-36(34)45(35,2)3/h26,35-44,47-53H,4-25,27-33H2,1-3H3/t35-,36-,37-,38+,39?,40-,41?,42?,43?,44?/m0/s1. The van der Waals surface area contributed by atoms with Crippen LogP contribution in [0.15, 0.2) is 11.6 Å². The van der Waals surface area contributed by atoms with Crippen molar-refractivity contribution in [3.05, 3.63) is 11.6 Å². The summed E-state index contributed by atoms with van der Waals surface area (Å²) in [6.07, 6.45) is 23.3. The van der Waals surface area contributed by atoms with Crippen LogP contribution in [0.2, 0.25) is 0 Å². The molecule has 2 saturated heterocycles. The SMILES string of the molecule is CCCCCCCCCCCCCC[C@@H](O)[C@@H](O)[C@H](COC1OC(CO)C(O)C(O)C1O)NC1(CCCCCCCCCCC2=CC[C@H]3C[C@@H]2C3(C)C)COC1.